The van der Waals surface area contributed by atoms with Crippen molar-refractivity contribution in [2.45, 2.75) is 73.3 Å². The van der Waals surface area contributed by atoms with Crippen LogP contribution in [-0.2, 0) is 26.5 Å². The molecule has 0 aliphatic rings. The van der Waals surface area contributed by atoms with E-state index in [0.717, 1.165) is 44.3 Å². The van der Waals surface area contributed by atoms with E-state index in [9.17, 15) is 0 Å². The van der Waals surface area contributed by atoms with E-state index >= 15 is 0 Å². The van der Waals surface area contributed by atoms with Crippen molar-refractivity contribution in [1.82, 2.24) is 9.97 Å². The predicted octanol–water partition coefficient (Wildman–Crippen LogP) is 11.6. The molecule has 0 aliphatic carbocycles. The summed E-state index contributed by atoms with van der Waals surface area (Å²) < 4.78 is 45.8. The van der Waals surface area contributed by atoms with Gasteiger partial charge in [0.2, 0.25) is 0 Å². The molecule has 269 valence electrons. The van der Waals surface area contributed by atoms with Crippen molar-refractivity contribution >= 4 is 48.5 Å². The van der Waals surface area contributed by atoms with Crippen LogP contribution in [0.2, 0.25) is 39.3 Å². The Bertz CT molecular complexity index is 2420. The number of hydrogen-bond acceptors (Lipinski definition) is 3. The molecular weight excluding hydrogens is 845 g/mol. The Kier molecular flexibility index (Phi) is 9.79. The summed E-state index contributed by atoms with van der Waals surface area (Å²) in [4.78, 5) is 9.03. The number of benzene rings is 4. The quantitative estimate of drug-likeness (QED) is 0.123. The van der Waals surface area contributed by atoms with Gasteiger partial charge in [-0.1, -0.05) is 143 Å². The van der Waals surface area contributed by atoms with Crippen molar-refractivity contribution in [3.63, 3.8) is 0 Å². The van der Waals surface area contributed by atoms with Crippen molar-refractivity contribution in [3.8, 4) is 33.6 Å². The van der Waals surface area contributed by atoms with E-state index in [1.807, 2.05) is 51.2 Å². The molecule has 7 aromatic rings. The van der Waals surface area contributed by atoms with Gasteiger partial charge in [0, 0.05) is 44.7 Å². The Morgan fingerprint density at radius 3 is 2.06 bits per heavy atom. The molecule has 7 rings (SSSR count). The number of furan rings is 1. The first-order valence-electron chi connectivity index (χ1n) is 20.0. The summed E-state index contributed by atoms with van der Waals surface area (Å²) in [5, 5.41) is 4.80. The van der Waals surface area contributed by atoms with Crippen LogP contribution >= 0.6 is 0 Å². The van der Waals surface area contributed by atoms with Crippen LogP contribution < -0.4 is 10.4 Å². The molecule has 6 heteroatoms. The van der Waals surface area contributed by atoms with Crippen LogP contribution in [0.3, 0.4) is 0 Å². The molecule has 0 atom stereocenters. The minimum absolute atomic E-state index is 0. The summed E-state index contributed by atoms with van der Waals surface area (Å²) in [5.74, 6) is 0. The molecule has 0 amide bonds. The van der Waals surface area contributed by atoms with Crippen LogP contribution in [0.5, 0.6) is 0 Å². The number of hydrogen-bond donors (Lipinski definition) is 0. The first-order chi connectivity index (χ1) is 26.0. The normalized spacial score (nSPS) is 13.9. The molecule has 0 spiro atoms. The third-order valence-corrected chi connectivity index (χ3v) is 12.9. The third-order valence-electron chi connectivity index (χ3n) is 8.77. The number of nitrogens with zero attached hydrogens (tertiary/aromatic N) is 2. The Morgan fingerprint density at radius 1 is 0.731 bits per heavy atom. The third kappa shape index (κ3) is 9.34. The van der Waals surface area contributed by atoms with Gasteiger partial charge in [-0.05, 0) is 51.6 Å². The number of pyridine rings is 2. The zero-order valence-corrected chi connectivity index (χ0v) is 35.9. The minimum atomic E-state index is -2.08. The Balaban J connectivity index is 0.000000251. The molecule has 1 radical (unpaired) electrons. The van der Waals surface area contributed by atoms with Crippen LogP contribution in [0.25, 0.3) is 55.6 Å². The van der Waals surface area contributed by atoms with Crippen LogP contribution in [0.4, 0.5) is 0 Å². The van der Waals surface area contributed by atoms with Gasteiger partial charge in [0.05, 0.1) is 21.7 Å². The summed E-state index contributed by atoms with van der Waals surface area (Å²) in [5.41, 5.74) is 7.24. The smallest absolute Gasteiger partial charge is 0.121 e. The van der Waals surface area contributed by atoms with E-state index in [4.69, 9.17) is 11.3 Å². The van der Waals surface area contributed by atoms with E-state index in [1.165, 1.54) is 22.0 Å². The Morgan fingerprint density at radius 2 is 1.44 bits per heavy atom. The SMILES string of the molecule is [2H]C([2H])([2H])c1c[c-]c(-c2ccc([Si](C)(C)C)cn2)cc1.[2H]C([2H])(c1ccnc(-c2[c-]ccc3c2oc2cc(-c4ccc([Si](C)(C)C)cc4)ccc23)c1)C(C)(C)C.[Ir]. The van der Waals surface area contributed by atoms with Gasteiger partial charge in [-0.25, -0.2) is 0 Å². The van der Waals surface area contributed by atoms with Crippen LogP contribution in [0.15, 0.2) is 114 Å². The van der Waals surface area contributed by atoms with Gasteiger partial charge in [0.15, 0.2) is 0 Å². The van der Waals surface area contributed by atoms with Crippen molar-refractivity contribution in [2.24, 2.45) is 5.41 Å². The molecular formula is C46H50IrN2OSi2-2. The molecule has 3 aromatic heterocycles. The molecule has 0 N–H and O–H groups in total. The van der Waals surface area contributed by atoms with E-state index in [0.29, 0.717) is 16.8 Å². The average Bonchev–Trinajstić information content (AvgIpc) is 3.52. The second-order valence-corrected chi connectivity index (χ2v) is 26.4. The summed E-state index contributed by atoms with van der Waals surface area (Å²) >= 11 is 0. The maximum Gasteiger partial charge on any atom is 0.121 e. The zero-order valence-electron chi connectivity index (χ0n) is 36.5. The van der Waals surface area contributed by atoms with Crippen LogP contribution in [0, 0.1) is 24.4 Å². The van der Waals surface area contributed by atoms with Gasteiger partial charge in [0.1, 0.15) is 5.58 Å². The maximum atomic E-state index is 8.69. The monoisotopic (exact) mass is 900 g/mol. The van der Waals surface area contributed by atoms with Gasteiger partial charge in [-0.3, -0.25) is 0 Å². The van der Waals surface area contributed by atoms with Crippen molar-refractivity contribution in [3.05, 3.63) is 133 Å². The average molecular weight is 900 g/mol. The van der Waals surface area contributed by atoms with Crippen LogP contribution in [0.1, 0.15) is 38.8 Å². The molecule has 52 heavy (non-hydrogen) atoms. The van der Waals surface area contributed by atoms with E-state index in [-0.39, 0.29) is 20.1 Å². The summed E-state index contributed by atoms with van der Waals surface area (Å²) in [6.45, 7) is 17.6. The second kappa shape index (κ2) is 15.6. The van der Waals surface area contributed by atoms with Gasteiger partial charge in [0.25, 0.3) is 0 Å². The Hall–Kier alpha value is -3.94. The fourth-order valence-electron chi connectivity index (χ4n) is 5.93. The second-order valence-electron chi connectivity index (χ2n) is 16.2. The molecule has 0 saturated carbocycles. The first-order valence-corrected chi connectivity index (χ1v) is 24.5. The number of aryl methyl sites for hydroxylation is 1. The molecule has 4 aromatic carbocycles. The van der Waals surface area contributed by atoms with Gasteiger partial charge >= 0.3 is 0 Å². The molecule has 3 heterocycles. The number of aromatic nitrogens is 2. The van der Waals surface area contributed by atoms with Gasteiger partial charge in [-0.2, -0.15) is 0 Å². The molecule has 0 bridgehead atoms. The Labute approximate surface area is 333 Å². The minimum Gasteiger partial charge on any atom is -0.501 e. The van der Waals surface area contributed by atoms with Crippen molar-refractivity contribution in [1.29, 1.82) is 0 Å². The van der Waals surface area contributed by atoms with E-state index in [1.54, 1.807) is 24.4 Å². The van der Waals surface area contributed by atoms with Crippen molar-refractivity contribution in [2.75, 3.05) is 0 Å². The summed E-state index contributed by atoms with van der Waals surface area (Å²) in [7, 11) is -2.68. The standard InChI is InChI=1S/C31H32NOSi.C15H18NSi.Ir/c1-31(2,3)20-21-16-17-32-28(18-21)27-9-7-8-26-25-15-12-23(19-29(25)33-30(26)27)22-10-13-24(14-11-22)34(4,5)6;1-12-5-7-13(8-6-12)15-10-9-14(11-16-15)17(2,3)4;/h7-8,10-19H,20H2,1-6H3;5-7,9-11H,1-4H3;/q2*-1;/i20D2;1D3;. The maximum absolute atomic E-state index is 8.69. The van der Waals surface area contributed by atoms with Gasteiger partial charge in [-0.15, -0.1) is 53.6 Å². The van der Waals surface area contributed by atoms with Crippen LogP contribution in [-0.4, -0.2) is 26.1 Å². The molecule has 3 nitrogen and oxygen atoms in total. The topological polar surface area (TPSA) is 38.9 Å². The van der Waals surface area contributed by atoms with Crippen molar-refractivity contribution < 1.29 is 31.4 Å². The number of fused-ring (bicyclic) bond motifs is 3. The predicted molar refractivity (Wildman–Crippen MR) is 224 cm³/mol. The van der Waals surface area contributed by atoms with E-state index < -0.39 is 34.8 Å². The fraction of sp³-hybridized carbons (Fsp3) is 0.261. The molecule has 0 fully saturated rings. The largest absolute Gasteiger partial charge is 0.501 e. The first kappa shape index (κ1) is 32.7. The molecule has 0 aliphatic heterocycles. The summed E-state index contributed by atoms with van der Waals surface area (Å²) in [6, 6.07) is 38.1. The van der Waals surface area contributed by atoms with Gasteiger partial charge < -0.3 is 14.4 Å². The molecule has 0 saturated heterocycles. The van der Waals surface area contributed by atoms with E-state index in [2.05, 4.69) is 110 Å². The number of rotatable bonds is 6. The summed E-state index contributed by atoms with van der Waals surface area (Å²) in [6.07, 6.45) is 2.09. The molecule has 0 unspecified atom stereocenters. The zero-order chi connectivity index (χ0) is 40.8. The fourth-order valence-corrected chi connectivity index (χ4v) is 8.13.